The maximum Gasteiger partial charge on any atom is 0.169 e. The first-order chi connectivity index (χ1) is 3.12. The Hall–Kier alpha value is -0.590. The summed E-state index contributed by atoms with van der Waals surface area (Å²) in [6, 6.07) is 1.84. The molecule has 0 aromatic heterocycles. The van der Waals surface area contributed by atoms with Crippen molar-refractivity contribution >= 4 is 0 Å². The van der Waals surface area contributed by atoms with Gasteiger partial charge in [0, 0.05) is 0 Å². The first-order valence-corrected chi connectivity index (χ1v) is 1.91. The van der Waals surface area contributed by atoms with Gasteiger partial charge in [0.25, 0.3) is 0 Å². The highest BCUT2D eigenvalue weighted by Crippen LogP contribution is 2.00. The maximum atomic E-state index is 8.14. The largest absolute Gasteiger partial charge is 0.283 e. The Morgan fingerprint density at radius 2 is 2.14 bits per heavy atom. The fraction of sp³-hybridized carbons (Fsp3) is 0.750. The summed E-state index contributed by atoms with van der Waals surface area (Å²) in [5, 5.41) is 8.14. The summed E-state index contributed by atoms with van der Waals surface area (Å²) in [6.07, 6.45) is 0. The van der Waals surface area contributed by atoms with Gasteiger partial charge in [-0.25, -0.2) is 5.90 Å². The zero-order valence-electron chi connectivity index (χ0n) is 4.43. The van der Waals surface area contributed by atoms with Crippen LogP contribution < -0.4 is 5.90 Å². The van der Waals surface area contributed by atoms with E-state index in [1.807, 2.05) is 6.07 Å². The van der Waals surface area contributed by atoms with Crippen molar-refractivity contribution in [3.8, 4) is 6.07 Å². The molecule has 3 nitrogen and oxygen atoms in total. The minimum Gasteiger partial charge on any atom is -0.283 e. The standard InChI is InChI=1S/C4H8N2O/c1-4(2,3-5)7-6/h6H2,1-2H3. The predicted octanol–water partition coefficient (Wildman–Crippen LogP) is 0.179. The summed E-state index contributed by atoms with van der Waals surface area (Å²) in [4.78, 5) is 4.23. The number of hydrogen-bond donors (Lipinski definition) is 1. The second kappa shape index (κ2) is 1.92. The summed E-state index contributed by atoms with van der Waals surface area (Å²) in [6.45, 7) is 3.18. The molecule has 0 aliphatic carbocycles. The van der Waals surface area contributed by atoms with Gasteiger partial charge in [0.2, 0.25) is 0 Å². The van der Waals surface area contributed by atoms with Gasteiger partial charge in [-0.3, -0.25) is 4.84 Å². The molecule has 0 rings (SSSR count). The number of rotatable bonds is 1. The van der Waals surface area contributed by atoms with Crippen LogP contribution >= 0.6 is 0 Å². The fourth-order valence-corrected chi connectivity index (χ4v) is 0.0264. The van der Waals surface area contributed by atoms with Crippen LogP contribution in [-0.4, -0.2) is 5.60 Å². The second-order valence-electron chi connectivity index (χ2n) is 1.74. The van der Waals surface area contributed by atoms with E-state index in [4.69, 9.17) is 11.2 Å². The van der Waals surface area contributed by atoms with E-state index in [9.17, 15) is 0 Å². The molecule has 0 aromatic rings. The lowest BCUT2D eigenvalue weighted by Crippen LogP contribution is -2.25. The first kappa shape index (κ1) is 6.41. The third-order valence-corrected chi connectivity index (χ3v) is 0.564. The van der Waals surface area contributed by atoms with E-state index in [0.717, 1.165) is 0 Å². The SMILES string of the molecule is CC(C)(C#N)ON. The Kier molecular flexibility index (Phi) is 1.75. The molecule has 0 saturated carbocycles. The lowest BCUT2D eigenvalue weighted by Gasteiger charge is -2.08. The number of nitriles is 1. The molecule has 40 valence electrons. The molecule has 0 spiro atoms. The Balaban J connectivity index is 3.66. The fourth-order valence-electron chi connectivity index (χ4n) is 0.0264. The minimum absolute atomic E-state index is 0.833. The van der Waals surface area contributed by atoms with Crippen molar-refractivity contribution in [2.24, 2.45) is 5.90 Å². The zero-order valence-corrected chi connectivity index (χ0v) is 4.43. The molecular weight excluding hydrogens is 92.1 g/mol. The average Bonchev–Trinajstić information content (AvgIpc) is 1.68. The molecule has 0 amide bonds. The second-order valence-corrected chi connectivity index (χ2v) is 1.74. The predicted molar refractivity (Wildman–Crippen MR) is 25.0 cm³/mol. The lowest BCUT2D eigenvalue weighted by atomic mass is 10.2. The van der Waals surface area contributed by atoms with Crippen molar-refractivity contribution in [2.45, 2.75) is 19.4 Å². The average molecular weight is 100 g/mol. The van der Waals surface area contributed by atoms with Gasteiger partial charge in [0.1, 0.15) is 0 Å². The van der Waals surface area contributed by atoms with E-state index in [2.05, 4.69) is 4.84 Å². The van der Waals surface area contributed by atoms with Crippen molar-refractivity contribution in [3.05, 3.63) is 0 Å². The normalized spacial score (nSPS) is 10.6. The summed E-state index contributed by atoms with van der Waals surface area (Å²) in [5.74, 6) is 4.69. The molecule has 0 atom stereocenters. The minimum atomic E-state index is -0.833. The molecule has 0 heterocycles. The van der Waals surface area contributed by atoms with E-state index < -0.39 is 5.60 Å². The van der Waals surface area contributed by atoms with Gasteiger partial charge in [0.05, 0.1) is 6.07 Å². The Morgan fingerprint density at radius 1 is 1.71 bits per heavy atom. The van der Waals surface area contributed by atoms with Crippen LogP contribution in [0.5, 0.6) is 0 Å². The van der Waals surface area contributed by atoms with E-state index >= 15 is 0 Å². The van der Waals surface area contributed by atoms with E-state index in [-0.39, 0.29) is 0 Å². The molecule has 0 aromatic carbocycles. The molecular formula is C4H8N2O. The first-order valence-electron chi connectivity index (χ1n) is 1.91. The Morgan fingerprint density at radius 3 is 2.14 bits per heavy atom. The van der Waals surface area contributed by atoms with Gasteiger partial charge in [-0.05, 0) is 13.8 Å². The van der Waals surface area contributed by atoms with Crippen LogP contribution in [0.1, 0.15) is 13.8 Å². The molecule has 0 saturated heterocycles. The van der Waals surface area contributed by atoms with E-state index in [0.29, 0.717) is 0 Å². The quantitative estimate of drug-likeness (QED) is 0.478. The summed E-state index contributed by atoms with van der Waals surface area (Å²) in [7, 11) is 0. The smallest absolute Gasteiger partial charge is 0.169 e. The number of nitrogens with two attached hydrogens (primary N) is 1. The monoisotopic (exact) mass is 100 g/mol. The van der Waals surface area contributed by atoms with Crippen molar-refractivity contribution in [2.75, 3.05) is 0 Å². The lowest BCUT2D eigenvalue weighted by molar-refractivity contribution is 0.0247. The van der Waals surface area contributed by atoms with Gasteiger partial charge in [-0.15, -0.1) is 0 Å². The molecule has 2 N–H and O–H groups in total. The summed E-state index contributed by atoms with van der Waals surface area (Å²) >= 11 is 0. The molecule has 7 heavy (non-hydrogen) atoms. The number of nitrogens with zero attached hydrogens (tertiary/aromatic N) is 1. The van der Waals surface area contributed by atoms with Crippen molar-refractivity contribution in [1.82, 2.24) is 0 Å². The van der Waals surface area contributed by atoms with Crippen molar-refractivity contribution in [3.63, 3.8) is 0 Å². The van der Waals surface area contributed by atoms with Crippen LogP contribution in [0.25, 0.3) is 0 Å². The van der Waals surface area contributed by atoms with Crippen LogP contribution in [0.4, 0.5) is 0 Å². The van der Waals surface area contributed by atoms with Gasteiger partial charge in [0.15, 0.2) is 5.60 Å². The van der Waals surface area contributed by atoms with Gasteiger partial charge in [-0.1, -0.05) is 0 Å². The highest BCUT2D eigenvalue weighted by molar-refractivity contribution is 4.92. The van der Waals surface area contributed by atoms with Gasteiger partial charge >= 0.3 is 0 Å². The Labute approximate surface area is 42.6 Å². The van der Waals surface area contributed by atoms with Gasteiger partial charge < -0.3 is 0 Å². The topological polar surface area (TPSA) is 59.0 Å². The molecule has 3 heteroatoms. The third-order valence-electron chi connectivity index (χ3n) is 0.564. The van der Waals surface area contributed by atoms with E-state index in [1.165, 1.54) is 0 Å². The highest BCUT2D eigenvalue weighted by atomic mass is 16.6. The molecule has 0 aliphatic rings. The summed E-state index contributed by atoms with van der Waals surface area (Å²) in [5.41, 5.74) is -0.833. The zero-order chi connectivity index (χ0) is 5.91. The van der Waals surface area contributed by atoms with Crippen LogP contribution in [0.3, 0.4) is 0 Å². The van der Waals surface area contributed by atoms with Crippen LogP contribution in [0, 0.1) is 11.3 Å². The number of hydrogen-bond acceptors (Lipinski definition) is 3. The van der Waals surface area contributed by atoms with Crippen molar-refractivity contribution < 1.29 is 4.84 Å². The third kappa shape index (κ3) is 2.15. The maximum absolute atomic E-state index is 8.14. The van der Waals surface area contributed by atoms with Crippen LogP contribution in [0.2, 0.25) is 0 Å². The molecule has 0 radical (unpaired) electrons. The van der Waals surface area contributed by atoms with E-state index in [1.54, 1.807) is 13.8 Å². The van der Waals surface area contributed by atoms with Crippen LogP contribution in [-0.2, 0) is 4.84 Å². The molecule has 0 fully saturated rings. The molecule has 0 aliphatic heterocycles. The van der Waals surface area contributed by atoms with Crippen molar-refractivity contribution in [1.29, 1.82) is 5.26 Å². The highest BCUT2D eigenvalue weighted by Gasteiger charge is 2.13. The Bertz CT molecular complexity index is 92.4. The van der Waals surface area contributed by atoms with Gasteiger partial charge in [-0.2, -0.15) is 5.26 Å². The molecule has 0 unspecified atom stereocenters. The molecule has 0 bridgehead atoms. The van der Waals surface area contributed by atoms with Crippen LogP contribution in [0.15, 0.2) is 0 Å². The summed E-state index contributed by atoms with van der Waals surface area (Å²) < 4.78 is 0.